The van der Waals surface area contributed by atoms with Gasteiger partial charge in [-0.3, -0.25) is 14.9 Å². The zero-order valence-corrected chi connectivity index (χ0v) is 9.18. The Balaban J connectivity index is 3.05. The van der Waals surface area contributed by atoms with Crippen molar-refractivity contribution in [3.8, 4) is 0 Å². The Labute approximate surface area is 92.3 Å². The third-order valence-electron chi connectivity index (χ3n) is 2.02. The van der Waals surface area contributed by atoms with E-state index in [0.717, 1.165) is 0 Å². The van der Waals surface area contributed by atoms with Crippen molar-refractivity contribution in [3.63, 3.8) is 0 Å². The van der Waals surface area contributed by atoms with E-state index in [-0.39, 0.29) is 11.6 Å². The molecular weight excluding hydrogens is 216 g/mol. The molecule has 0 saturated carbocycles. The van der Waals surface area contributed by atoms with Crippen molar-refractivity contribution in [2.75, 3.05) is 5.75 Å². The average Bonchev–Trinajstić information content (AvgIpc) is 2.20. The lowest BCUT2D eigenvalue weighted by Crippen LogP contribution is -2.24. The molecule has 0 N–H and O–H groups in total. The van der Waals surface area contributed by atoms with Crippen LogP contribution in [0.1, 0.15) is 6.92 Å². The number of aromatic nitrogens is 1. The van der Waals surface area contributed by atoms with Crippen molar-refractivity contribution in [2.24, 2.45) is 5.92 Å². The molecule has 0 amide bonds. The molecule has 0 aliphatic carbocycles. The highest BCUT2D eigenvalue weighted by Crippen LogP contribution is 2.05. The van der Waals surface area contributed by atoms with Gasteiger partial charge in [0.2, 0.25) is 0 Å². The van der Waals surface area contributed by atoms with E-state index in [2.05, 4.69) is 12.6 Å². The third kappa shape index (κ3) is 2.82. The second-order valence-electron chi connectivity index (χ2n) is 3.40. The lowest BCUT2D eigenvalue weighted by atomic mass is 10.2. The summed E-state index contributed by atoms with van der Waals surface area (Å²) in [6, 6.07) is 2.72. The Morgan fingerprint density at radius 2 is 2.33 bits per heavy atom. The molecule has 1 aromatic rings. The van der Waals surface area contributed by atoms with Crippen LogP contribution in [0.5, 0.6) is 0 Å². The Kier molecular flexibility index (Phi) is 3.90. The van der Waals surface area contributed by atoms with Gasteiger partial charge in [-0.1, -0.05) is 6.92 Å². The number of pyridine rings is 1. The van der Waals surface area contributed by atoms with Crippen LogP contribution in [0, 0.1) is 16.0 Å². The molecular formula is C9H12N2O3S. The van der Waals surface area contributed by atoms with E-state index in [9.17, 15) is 14.9 Å². The van der Waals surface area contributed by atoms with Gasteiger partial charge in [0.25, 0.3) is 0 Å². The lowest BCUT2D eigenvalue weighted by molar-refractivity contribution is -0.386. The minimum Gasteiger partial charge on any atom is -0.309 e. The molecule has 0 radical (unpaired) electrons. The van der Waals surface area contributed by atoms with Crippen molar-refractivity contribution in [2.45, 2.75) is 13.5 Å². The van der Waals surface area contributed by atoms with E-state index in [1.165, 1.54) is 16.7 Å². The number of hydrogen-bond acceptors (Lipinski definition) is 4. The van der Waals surface area contributed by atoms with Crippen molar-refractivity contribution >= 4 is 18.3 Å². The predicted octanol–water partition coefficient (Wildman–Crippen LogP) is 1.32. The maximum Gasteiger partial charge on any atom is 0.334 e. The zero-order valence-electron chi connectivity index (χ0n) is 8.29. The maximum atomic E-state index is 11.6. The lowest BCUT2D eigenvalue weighted by Gasteiger charge is -2.09. The smallest absolute Gasteiger partial charge is 0.309 e. The fourth-order valence-corrected chi connectivity index (χ4v) is 1.32. The molecule has 1 unspecified atom stereocenters. The summed E-state index contributed by atoms with van der Waals surface area (Å²) in [5.41, 5.74) is -0.944. The molecule has 1 atom stereocenters. The first-order chi connectivity index (χ1) is 7.06. The molecule has 82 valence electrons. The van der Waals surface area contributed by atoms with Crippen LogP contribution in [0.4, 0.5) is 5.69 Å². The highest BCUT2D eigenvalue weighted by molar-refractivity contribution is 7.80. The van der Waals surface area contributed by atoms with Crippen LogP contribution in [0.3, 0.4) is 0 Å². The van der Waals surface area contributed by atoms with Crippen LogP contribution in [0.2, 0.25) is 0 Å². The van der Waals surface area contributed by atoms with Gasteiger partial charge in [0.1, 0.15) is 0 Å². The molecule has 1 rings (SSSR count). The topological polar surface area (TPSA) is 65.1 Å². The first-order valence-electron chi connectivity index (χ1n) is 4.51. The Morgan fingerprint density at radius 3 is 2.87 bits per heavy atom. The molecule has 0 saturated heterocycles. The standard InChI is InChI=1S/C9H12N2O3S/c1-7(6-15)5-10-4-2-3-8(9(10)12)11(13)14/h2-4,7,15H,5-6H2,1H3. The number of nitrogens with zero attached hydrogens (tertiary/aromatic N) is 2. The summed E-state index contributed by atoms with van der Waals surface area (Å²) < 4.78 is 1.35. The summed E-state index contributed by atoms with van der Waals surface area (Å²) in [5.74, 6) is 0.836. The normalized spacial score (nSPS) is 12.4. The first-order valence-corrected chi connectivity index (χ1v) is 5.14. The average molecular weight is 228 g/mol. The van der Waals surface area contributed by atoms with E-state index in [0.29, 0.717) is 12.3 Å². The molecule has 0 bridgehead atoms. The molecule has 0 aliphatic heterocycles. The predicted molar refractivity (Wildman–Crippen MR) is 60.4 cm³/mol. The van der Waals surface area contributed by atoms with Crippen molar-refractivity contribution in [3.05, 3.63) is 38.8 Å². The highest BCUT2D eigenvalue weighted by Gasteiger charge is 2.14. The van der Waals surface area contributed by atoms with Crippen molar-refractivity contribution < 1.29 is 4.92 Å². The number of hydrogen-bond donors (Lipinski definition) is 1. The van der Waals surface area contributed by atoms with Gasteiger partial charge in [-0.05, 0) is 17.7 Å². The molecule has 1 aromatic heterocycles. The van der Waals surface area contributed by atoms with Crippen molar-refractivity contribution in [1.29, 1.82) is 0 Å². The number of rotatable bonds is 4. The van der Waals surface area contributed by atoms with Gasteiger partial charge in [0, 0.05) is 18.8 Å². The second-order valence-corrected chi connectivity index (χ2v) is 3.76. The van der Waals surface area contributed by atoms with Crippen molar-refractivity contribution in [1.82, 2.24) is 4.57 Å². The Hall–Kier alpha value is -1.30. The molecule has 5 nitrogen and oxygen atoms in total. The quantitative estimate of drug-likeness (QED) is 0.480. The molecule has 0 aliphatic rings. The minimum absolute atomic E-state index is 0.202. The van der Waals surface area contributed by atoms with E-state index in [1.807, 2.05) is 6.92 Å². The van der Waals surface area contributed by atoms with Crippen LogP contribution < -0.4 is 5.56 Å². The Bertz CT molecular complexity index is 416. The van der Waals surface area contributed by atoms with Crippen LogP contribution >= 0.6 is 12.6 Å². The summed E-state index contributed by atoms with van der Waals surface area (Å²) >= 11 is 4.10. The largest absolute Gasteiger partial charge is 0.334 e. The minimum atomic E-state index is -0.663. The van der Waals surface area contributed by atoms with Gasteiger partial charge in [-0.2, -0.15) is 12.6 Å². The monoisotopic (exact) mass is 228 g/mol. The SMILES string of the molecule is CC(CS)Cn1cccc([N+](=O)[O-])c1=O. The molecule has 0 spiro atoms. The summed E-state index contributed by atoms with van der Waals surface area (Å²) in [6.45, 7) is 2.38. The summed E-state index contributed by atoms with van der Waals surface area (Å²) in [7, 11) is 0. The van der Waals surface area contributed by atoms with Gasteiger partial charge in [-0.25, -0.2) is 0 Å². The molecule has 6 heteroatoms. The molecule has 0 fully saturated rings. The van der Waals surface area contributed by atoms with Crippen LogP contribution in [-0.2, 0) is 6.54 Å². The third-order valence-corrected chi connectivity index (χ3v) is 2.64. The van der Waals surface area contributed by atoms with Crippen LogP contribution in [0.15, 0.2) is 23.1 Å². The van der Waals surface area contributed by atoms with E-state index < -0.39 is 10.5 Å². The van der Waals surface area contributed by atoms with Gasteiger partial charge < -0.3 is 4.57 Å². The van der Waals surface area contributed by atoms with Crippen LogP contribution in [-0.4, -0.2) is 15.2 Å². The van der Waals surface area contributed by atoms with Gasteiger partial charge >= 0.3 is 11.2 Å². The summed E-state index contributed by atoms with van der Waals surface area (Å²) in [5, 5.41) is 10.5. The first kappa shape index (κ1) is 11.8. The number of thiol groups is 1. The van der Waals surface area contributed by atoms with E-state index >= 15 is 0 Å². The van der Waals surface area contributed by atoms with Gasteiger partial charge in [-0.15, -0.1) is 0 Å². The zero-order chi connectivity index (χ0) is 11.4. The van der Waals surface area contributed by atoms with Gasteiger partial charge in [0.05, 0.1) is 4.92 Å². The maximum absolute atomic E-state index is 11.6. The summed E-state index contributed by atoms with van der Waals surface area (Å²) in [6.07, 6.45) is 1.55. The molecule has 1 heterocycles. The van der Waals surface area contributed by atoms with Gasteiger partial charge in [0.15, 0.2) is 0 Å². The molecule has 0 aromatic carbocycles. The molecule has 15 heavy (non-hydrogen) atoms. The van der Waals surface area contributed by atoms with E-state index in [4.69, 9.17) is 0 Å². The Morgan fingerprint density at radius 1 is 1.67 bits per heavy atom. The summed E-state index contributed by atoms with van der Waals surface area (Å²) in [4.78, 5) is 21.4. The fourth-order valence-electron chi connectivity index (χ4n) is 1.20. The van der Waals surface area contributed by atoms with Crippen LogP contribution in [0.25, 0.3) is 0 Å². The highest BCUT2D eigenvalue weighted by atomic mass is 32.1. The van der Waals surface area contributed by atoms with E-state index in [1.54, 1.807) is 6.20 Å². The number of nitro groups is 1. The second kappa shape index (κ2) is 4.97. The fraction of sp³-hybridized carbons (Fsp3) is 0.444.